The Morgan fingerprint density at radius 2 is 2.11 bits per heavy atom. The SMILES string of the molecule is Cc1cc(-c2cccc(C(=O)N3CCNC(=O)C3C)c2)cc2sc(N)nc12. The summed E-state index contributed by atoms with van der Waals surface area (Å²) < 4.78 is 1.03. The number of nitrogens with one attached hydrogen (secondary N) is 1. The molecule has 1 aliphatic heterocycles. The van der Waals surface area contributed by atoms with Gasteiger partial charge in [-0.2, -0.15) is 0 Å². The highest BCUT2D eigenvalue weighted by molar-refractivity contribution is 7.22. The molecule has 1 saturated heterocycles. The molecule has 1 unspecified atom stereocenters. The van der Waals surface area contributed by atoms with Crippen molar-refractivity contribution < 1.29 is 9.59 Å². The lowest BCUT2D eigenvalue weighted by Crippen LogP contribution is -2.55. The summed E-state index contributed by atoms with van der Waals surface area (Å²) >= 11 is 1.46. The first kappa shape index (κ1) is 17.5. The number of piperazine rings is 1. The van der Waals surface area contributed by atoms with Gasteiger partial charge in [0.05, 0.1) is 10.2 Å². The average Bonchev–Trinajstić information content (AvgIpc) is 3.04. The van der Waals surface area contributed by atoms with E-state index in [0.717, 1.165) is 26.9 Å². The summed E-state index contributed by atoms with van der Waals surface area (Å²) in [5.74, 6) is -0.242. The number of aromatic nitrogens is 1. The van der Waals surface area contributed by atoms with Crippen molar-refractivity contribution in [3.8, 4) is 11.1 Å². The highest BCUT2D eigenvalue weighted by Gasteiger charge is 2.29. The summed E-state index contributed by atoms with van der Waals surface area (Å²) in [5, 5.41) is 3.33. The van der Waals surface area contributed by atoms with Crippen LogP contribution in [-0.2, 0) is 4.79 Å². The van der Waals surface area contributed by atoms with Crippen molar-refractivity contribution in [2.45, 2.75) is 19.9 Å². The topological polar surface area (TPSA) is 88.3 Å². The number of nitrogens with two attached hydrogens (primary N) is 1. The van der Waals surface area contributed by atoms with E-state index in [1.165, 1.54) is 11.3 Å². The van der Waals surface area contributed by atoms with Crippen molar-refractivity contribution in [3.63, 3.8) is 0 Å². The lowest BCUT2D eigenvalue weighted by atomic mass is 10.00. The normalized spacial score (nSPS) is 17.2. The van der Waals surface area contributed by atoms with Crippen LogP contribution >= 0.6 is 11.3 Å². The number of amides is 2. The van der Waals surface area contributed by atoms with Gasteiger partial charge in [0.2, 0.25) is 5.91 Å². The number of benzene rings is 2. The number of nitrogen functional groups attached to an aromatic ring is 1. The molecule has 1 atom stereocenters. The second-order valence-electron chi connectivity index (χ2n) is 6.74. The molecule has 2 aromatic carbocycles. The van der Waals surface area contributed by atoms with Gasteiger partial charge in [-0.3, -0.25) is 9.59 Å². The molecule has 2 heterocycles. The third-order valence-electron chi connectivity index (χ3n) is 4.90. The van der Waals surface area contributed by atoms with Crippen LogP contribution in [-0.4, -0.2) is 40.8 Å². The first-order chi connectivity index (χ1) is 12.9. The van der Waals surface area contributed by atoms with Crippen LogP contribution in [0.1, 0.15) is 22.8 Å². The minimum absolute atomic E-state index is 0.116. The van der Waals surface area contributed by atoms with Crippen LogP contribution in [0.2, 0.25) is 0 Å². The molecule has 1 aromatic heterocycles. The quantitative estimate of drug-likeness (QED) is 0.716. The van der Waals surface area contributed by atoms with Gasteiger partial charge >= 0.3 is 0 Å². The molecule has 0 aliphatic carbocycles. The summed E-state index contributed by atoms with van der Waals surface area (Å²) in [5.41, 5.74) is 10.4. The predicted molar refractivity (Wildman–Crippen MR) is 108 cm³/mol. The van der Waals surface area contributed by atoms with Crippen molar-refractivity contribution in [3.05, 3.63) is 47.5 Å². The number of thiazole rings is 1. The number of rotatable bonds is 2. The van der Waals surface area contributed by atoms with Crippen molar-refractivity contribution in [1.82, 2.24) is 15.2 Å². The van der Waals surface area contributed by atoms with E-state index in [-0.39, 0.29) is 11.8 Å². The lowest BCUT2D eigenvalue weighted by Gasteiger charge is -2.32. The molecule has 27 heavy (non-hydrogen) atoms. The molecule has 0 bridgehead atoms. The van der Waals surface area contributed by atoms with Crippen molar-refractivity contribution >= 4 is 38.5 Å². The molecular formula is C20H20N4O2S. The molecule has 0 radical (unpaired) electrons. The minimum Gasteiger partial charge on any atom is -0.375 e. The summed E-state index contributed by atoms with van der Waals surface area (Å²) in [6, 6.07) is 11.2. The number of aryl methyl sites for hydroxylation is 1. The maximum absolute atomic E-state index is 12.9. The van der Waals surface area contributed by atoms with Gasteiger partial charge in [-0.05, 0) is 54.8 Å². The standard InChI is InChI=1S/C20H20N4O2S/c1-11-8-15(10-16-17(11)23-20(21)27-16)13-4-3-5-14(9-13)19(26)24-7-6-22-18(25)12(24)2/h3-5,8-10,12H,6-7H2,1-2H3,(H2,21,23)(H,22,25). The van der Waals surface area contributed by atoms with Crippen LogP contribution in [0.15, 0.2) is 36.4 Å². The van der Waals surface area contributed by atoms with Crippen LogP contribution in [0.3, 0.4) is 0 Å². The first-order valence-corrected chi connectivity index (χ1v) is 9.61. The molecule has 3 aromatic rings. The van der Waals surface area contributed by atoms with Crippen LogP contribution in [0.5, 0.6) is 0 Å². The molecule has 1 fully saturated rings. The van der Waals surface area contributed by atoms with E-state index in [2.05, 4.69) is 22.4 Å². The molecule has 138 valence electrons. The summed E-state index contributed by atoms with van der Waals surface area (Å²) in [6.45, 7) is 4.76. The largest absolute Gasteiger partial charge is 0.375 e. The second kappa shape index (κ2) is 6.66. The first-order valence-electron chi connectivity index (χ1n) is 8.80. The van der Waals surface area contributed by atoms with Gasteiger partial charge in [0.1, 0.15) is 6.04 Å². The van der Waals surface area contributed by atoms with Gasteiger partial charge in [0, 0.05) is 18.7 Å². The monoisotopic (exact) mass is 380 g/mol. The Bertz CT molecular complexity index is 1060. The lowest BCUT2D eigenvalue weighted by molar-refractivity contribution is -0.127. The number of nitrogens with zero attached hydrogens (tertiary/aromatic N) is 2. The van der Waals surface area contributed by atoms with Crippen molar-refractivity contribution in [2.75, 3.05) is 18.8 Å². The van der Waals surface area contributed by atoms with Gasteiger partial charge in [-0.25, -0.2) is 4.98 Å². The van der Waals surface area contributed by atoms with E-state index < -0.39 is 6.04 Å². The van der Waals surface area contributed by atoms with Crippen LogP contribution in [0.4, 0.5) is 5.13 Å². The smallest absolute Gasteiger partial charge is 0.254 e. The maximum Gasteiger partial charge on any atom is 0.254 e. The van der Waals surface area contributed by atoms with Crippen molar-refractivity contribution in [1.29, 1.82) is 0 Å². The Morgan fingerprint density at radius 3 is 2.93 bits per heavy atom. The number of carbonyl (C=O) groups is 2. The molecule has 0 spiro atoms. The Morgan fingerprint density at radius 1 is 1.30 bits per heavy atom. The van der Waals surface area contributed by atoms with E-state index >= 15 is 0 Å². The van der Waals surface area contributed by atoms with E-state index in [4.69, 9.17) is 5.73 Å². The van der Waals surface area contributed by atoms with Gasteiger partial charge in [0.15, 0.2) is 5.13 Å². The summed E-state index contributed by atoms with van der Waals surface area (Å²) in [4.78, 5) is 30.8. The van der Waals surface area contributed by atoms with Crippen LogP contribution in [0, 0.1) is 6.92 Å². The second-order valence-corrected chi connectivity index (χ2v) is 7.80. The molecule has 1 aliphatic rings. The van der Waals surface area contributed by atoms with E-state index in [1.54, 1.807) is 17.9 Å². The zero-order valence-corrected chi connectivity index (χ0v) is 16.0. The highest BCUT2D eigenvalue weighted by Crippen LogP contribution is 2.32. The fraction of sp³-hybridized carbons (Fsp3) is 0.250. The Balaban J connectivity index is 1.70. The van der Waals surface area contributed by atoms with E-state index in [1.807, 2.05) is 25.1 Å². The van der Waals surface area contributed by atoms with Crippen molar-refractivity contribution in [2.24, 2.45) is 0 Å². The number of anilines is 1. The number of fused-ring (bicyclic) bond motifs is 1. The average molecular weight is 380 g/mol. The fourth-order valence-corrected chi connectivity index (χ4v) is 4.29. The highest BCUT2D eigenvalue weighted by atomic mass is 32.1. The number of carbonyl (C=O) groups excluding carboxylic acids is 2. The van der Waals surface area contributed by atoms with E-state index in [9.17, 15) is 9.59 Å². The summed E-state index contributed by atoms with van der Waals surface area (Å²) in [6.07, 6.45) is 0. The van der Waals surface area contributed by atoms with Gasteiger partial charge in [-0.15, -0.1) is 0 Å². The minimum atomic E-state index is -0.464. The molecule has 3 N–H and O–H groups in total. The zero-order valence-electron chi connectivity index (χ0n) is 15.2. The molecule has 4 rings (SSSR count). The van der Waals surface area contributed by atoms with Crippen LogP contribution in [0.25, 0.3) is 21.3 Å². The number of hydrogen-bond donors (Lipinski definition) is 2. The zero-order chi connectivity index (χ0) is 19.1. The predicted octanol–water partition coefficient (Wildman–Crippen LogP) is 2.81. The third-order valence-corrected chi connectivity index (χ3v) is 5.74. The summed E-state index contributed by atoms with van der Waals surface area (Å²) in [7, 11) is 0. The van der Waals surface area contributed by atoms with Crippen LogP contribution < -0.4 is 11.1 Å². The van der Waals surface area contributed by atoms with E-state index in [0.29, 0.717) is 23.8 Å². The molecular weight excluding hydrogens is 360 g/mol. The Kier molecular flexibility index (Phi) is 4.31. The third kappa shape index (κ3) is 3.14. The Hall–Kier alpha value is -2.93. The Labute approximate surface area is 161 Å². The molecule has 2 amide bonds. The molecule has 7 heteroatoms. The molecule has 0 saturated carbocycles. The number of hydrogen-bond acceptors (Lipinski definition) is 5. The fourth-order valence-electron chi connectivity index (χ4n) is 3.44. The van der Waals surface area contributed by atoms with Gasteiger partial charge < -0.3 is 16.0 Å². The molecule has 6 nitrogen and oxygen atoms in total. The maximum atomic E-state index is 12.9. The van der Waals surface area contributed by atoms with Gasteiger partial charge in [0.25, 0.3) is 5.91 Å². The van der Waals surface area contributed by atoms with Gasteiger partial charge in [-0.1, -0.05) is 23.5 Å².